The van der Waals surface area contributed by atoms with E-state index in [2.05, 4.69) is 10.6 Å². The highest BCUT2D eigenvalue weighted by Crippen LogP contribution is 2.40. The highest BCUT2D eigenvalue weighted by molar-refractivity contribution is 6.28. The summed E-state index contributed by atoms with van der Waals surface area (Å²) in [6.07, 6.45) is -1.03. The van der Waals surface area contributed by atoms with E-state index in [-0.39, 0.29) is 25.0 Å². The Bertz CT molecular complexity index is 1440. The number of nitrogens with one attached hydrogen (secondary N) is 2. The van der Waals surface area contributed by atoms with E-state index >= 15 is 0 Å². The van der Waals surface area contributed by atoms with Crippen LogP contribution in [0.15, 0.2) is 66.4 Å². The van der Waals surface area contributed by atoms with Crippen molar-refractivity contribution in [1.29, 1.82) is 0 Å². The van der Waals surface area contributed by atoms with Crippen LogP contribution in [0.4, 0.5) is 18.9 Å². The zero-order valence-corrected chi connectivity index (χ0v) is 22.8. The summed E-state index contributed by atoms with van der Waals surface area (Å²) in [5, 5.41) is 10.5. The van der Waals surface area contributed by atoms with Crippen molar-refractivity contribution < 1.29 is 32.2 Å². The molecule has 2 heterocycles. The monoisotopic (exact) mass is 568 g/mol. The Kier molecular flexibility index (Phi) is 7.79. The molecule has 1 saturated carbocycles. The third-order valence-electron chi connectivity index (χ3n) is 7.23. The van der Waals surface area contributed by atoms with Crippen LogP contribution < -0.4 is 20.1 Å². The predicted octanol–water partition coefficient (Wildman–Crippen LogP) is 5.78. The molecule has 11 heteroatoms. The number of anilines is 1. The Morgan fingerprint density at radius 2 is 1.78 bits per heavy atom. The molecule has 41 heavy (non-hydrogen) atoms. The van der Waals surface area contributed by atoms with Gasteiger partial charge in [0.2, 0.25) is 0 Å². The number of alkyl halides is 3. The molecule has 5 rings (SSSR count). The van der Waals surface area contributed by atoms with Crippen LogP contribution in [0, 0.1) is 0 Å². The molecule has 1 aliphatic carbocycles. The lowest BCUT2D eigenvalue weighted by molar-refractivity contribution is -0.136. The van der Waals surface area contributed by atoms with E-state index in [0.717, 1.165) is 18.4 Å². The van der Waals surface area contributed by atoms with Gasteiger partial charge in [0.1, 0.15) is 17.1 Å². The van der Waals surface area contributed by atoms with Crippen LogP contribution in [-0.2, 0) is 15.1 Å². The first-order valence-electron chi connectivity index (χ1n) is 13.4. The van der Waals surface area contributed by atoms with Gasteiger partial charge in [-0.1, -0.05) is 12.1 Å². The van der Waals surface area contributed by atoms with Crippen molar-refractivity contribution in [2.45, 2.75) is 56.8 Å². The van der Waals surface area contributed by atoms with Crippen molar-refractivity contribution in [1.82, 2.24) is 15.1 Å². The van der Waals surface area contributed by atoms with Crippen molar-refractivity contribution in [3.8, 4) is 11.5 Å². The molecule has 0 unspecified atom stereocenters. The first kappa shape index (κ1) is 28.3. The third kappa shape index (κ3) is 6.72. The Hall–Kier alpha value is -4.28. The van der Waals surface area contributed by atoms with E-state index in [1.54, 1.807) is 55.6 Å². The number of carbonyl (C=O) groups is 2. The molecule has 0 bridgehead atoms. The van der Waals surface area contributed by atoms with E-state index in [1.165, 1.54) is 0 Å². The molecule has 2 amide bonds. The minimum atomic E-state index is -4.22. The lowest BCUT2D eigenvalue weighted by Gasteiger charge is -2.37. The highest BCUT2D eigenvalue weighted by Gasteiger charge is 2.41. The maximum atomic E-state index is 13.6. The van der Waals surface area contributed by atoms with Crippen molar-refractivity contribution in [3.05, 3.63) is 77.6 Å². The smallest absolute Gasteiger partial charge is 0.389 e. The average Bonchev–Trinajstić information content (AvgIpc) is 3.67. The van der Waals surface area contributed by atoms with Gasteiger partial charge in [-0.3, -0.25) is 14.3 Å². The fourth-order valence-electron chi connectivity index (χ4n) is 4.86. The summed E-state index contributed by atoms with van der Waals surface area (Å²) < 4.78 is 49.7. The average molecular weight is 569 g/mol. The number of amides is 2. The van der Waals surface area contributed by atoms with Gasteiger partial charge in [-0.2, -0.15) is 18.3 Å². The first-order chi connectivity index (χ1) is 19.5. The maximum absolute atomic E-state index is 13.6. The summed E-state index contributed by atoms with van der Waals surface area (Å²) in [4.78, 5) is 27.0. The van der Waals surface area contributed by atoms with Crippen LogP contribution in [0.3, 0.4) is 0 Å². The maximum Gasteiger partial charge on any atom is 0.389 e. The van der Waals surface area contributed by atoms with Crippen LogP contribution in [0.25, 0.3) is 5.57 Å². The largest absolute Gasteiger partial charge is 0.497 e. The van der Waals surface area contributed by atoms with Crippen molar-refractivity contribution >= 4 is 23.1 Å². The minimum absolute atomic E-state index is 0.0102. The molecular formula is C30H31F3N4O4. The molecule has 1 aliphatic heterocycles. The topological polar surface area (TPSA) is 94.5 Å². The van der Waals surface area contributed by atoms with Gasteiger partial charge in [0.15, 0.2) is 0 Å². The molecule has 2 aromatic carbocycles. The van der Waals surface area contributed by atoms with Crippen LogP contribution in [0.1, 0.15) is 56.3 Å². The molecule has 0 spiro atoms. The Labute approximate surface area is 235 Å². The summed E-state index contributed by atoms with van der Waals surface area (Å²) in [5.74, 6) is -0.0147. The van der Waals surface area contributed by atoms with Gasteiger partial charge < -0.3 is 20.1 Å². The van der Waals surface area contributed by atoms with E-state index < -0.39 is 30.0 Å². The number of hydrogen-bond donors (Lipinski definition) is 2. The van der Waals surface area contributed by atoms with Crippen molar-refractivity contribution in [2.24, 2.45) is 0 Å². The van der Waals surface area contributed by atoms with E-state index in [4.69, 9.17) is 14.6 Å². The lowest BCUT2D eigenvalue weighted by atomic mass is 9.79. The number of nitrogens with zero attached hydrogens (tertiary/aromatic N) is 2. The Morgan fingerprint density at radius 1 is 1.10 bits per heavy atom. The summed E-state index contributed by atoms with van der Waals surface area (Å²) in [5.41, 5.74) is 1.45. The number of carbonyl (C=O) groups excluding carboxylic acids is 2. The highest BCUT2D eigenvalue weighted by atomic mass is 19.4. The molecule has 2 N–H and O–H groups in total. The van der Waals surface area contributed by atoms with E-state index in [1.807, 2.05) is 23.9 Å². The summed E-state index contributed by atoms with van der Waals surface area (Å²) in [6, 6.07) is 15.8. The molecule has 2 aliphatic rings. The first-order valence-corrected chi connectivity index (χ1v) is 13.4. The fraction of sp³-hybridized carbons (Fsp3) is 0.367. The molecule has 0 radical (unpaired) electrons. The van der Waals surface area contributed by atoms with E-state index in [9.17, 15) is 22.8 Å². The zero-order chi connectivity index (χ0) is 29.2. The molecule has 8 nitrogen and oxygen atoms in total. The van der Waals surface area contributed by atoms with Gasteiger partial charge in [0, 0.05) is 30.3 Å². The summed E-state index contributed by atoms with van der Waals surface area (Å²) in [7, 11) is 1.55. The molecule has 1 fully saturated rings. The normalized spacial score (nSPS) is 19.1. The lowest BCUT2D eigenvalue weighted by Crippen LogP contribution is -2.49. The second-order valence-electron chi connectivity index (χ2n) is 10.5. The van der Waals surface area contributed by atoms with Crippen LogP contribution in [0.2, 0.25) is 0 Å². The third-order valence-corrected chi connectivity index (χ3v) is 7.23. The fourth-order valence-corrected chi connectivity index (χ4v) is 4.86. The molecule has 1 aromatic heterocycles. The molecule has 0 saturated heterocycles. The Morgan fingerprint density at radius 3 is 2.41 bits per heavy atom. The number of methoxy groups -OCH3 is 1. The standard InChI is InChI=1S/C30H31F3N4O4/c1-29(19-4-10-23(11-5-19)41-17-3-15-30(31,32)33)18-24(25-14-16-37(36-25)21-8-9-21)26(28(39)35-29)27(38)34-20-6-12-22(40-2)13-7-20/h4-7,10-14,16,21H,3,8-9,15,17-18H2,1-2H3,(H,34,38)(H,35,39)/t29-/m0/s1. The van der Waals surface area contributed by atoms with Crippen molar-refractivity contribution in [2.75, 3.05) is 19.0 Å². The molecular weight excluding hydrogens is 537 g/mol. The minimum Gasteiger partial charge on any atom is -0.497 e. The van der Waals surface area contributed by atoms with Crippen LogP contribution in [-0.4, -0.2) is 41.5 Å². The molecule has 1 atom stereocenters. The summed E-state index contributed by atoms with van der Waals surface area (Å²) in [6.45, 7) is 1.80. The number of halogens is 3. The number of aromatic nitrogens is 2. The quantitative estimate of drug-likeness (QED) is 0.239. The zero-order valence-electron chi connectivity index (χ0n) is 22.8. The van der Waals surface area contributed by atoms with Gasteiger partial charge >= 0.3 is 6.18 Å². The number of rotatable bonds is 10. The van der Waals surface area contributed by atoms with Crippen molar-refractivity contribution in [3.63, 3.8) is 0 Å². The van der Waals surface area contributed by atoms with Gasteiger partial charge in [0.25, 0.3) is 11.8 Å². The van der Waals surface area contributed by atoms with Crippen LogP contribution in [0.5, 0.6) is 11.5 Å². The van der Waals surface area contributed by atoms with Gasteiger partial charge in [-0.15, -0.1) is 0 Å². The second-order valence-corrected chi connectivity index (χ2v) is 10.5. The number of ether oxygens (including phenoxy) is 2. The number of hydrogen-bond acceptors (Lipinski definition) is 5. The summed E-state index contributed by atoms with van der Waals surface area (Å²) >= 11 is 0. The van der Waals surface area contributed by atoms with Gasteiger partial charge in [0.05, 0.1) is 31.0 Å². The second kappa shape index (κ2) is 11.3. The van der Waals surface area contributed by atoms with E-state index in [0.29, 0.717) is 34.5 Å². The van der Waals surface area contributed by atoms with Crippen LogP contribution >= 0.6 is 0 Å². The molecule has 3 aromatic rings. The molecule has 216 valence electrons. The Balaban J connectivity index is 1.39. The van der Waals surface area contributed by atoms with Gasteiger partial charge in [-0.25, -0.2) is 0 Å². The van der Waals surface area contributed by atoms with Gasteiger partial charge in [-0.05, 0) is 74.2 Å². The number of benzene rings is 2. The SMILES string of the molecule is COc1ccc(NC(=O)C2=C(c3ccn(C4CC4)n3)C[C@@](C)(c3ccc(OCCCC(F)(F)F)cc3)NC2=O)cc1. The predicted molar refractivity (Wildman–Crippen MR) is 146 cm³/mol.